The largest absolute Gasteiger partial charge is 0.463 e. The Bertz CT molecular complexity index is 584. The molecule has 2 rings (SSSR count). The highest BCUT2D eigenvalue weighted by atomic mass is 16.5. The maximum atomic E-state index is 11.3. The molecule has 0 aliphatic rings. The fraction of sp³-hybridized carbons (Fsp3) is 0.353. The molecule has 0 spiro atoms. The lowest BCUT2D eigenvalue weighted by atomic mass is 10.0. The number of nitrogens with one attached hydrogen (secondary N) is 1. The molecule has 1 N–H and O–H groups in total. The quantitative estimate of drug-likeness (QED) is 0.826. The van der Waals surface area contributed by atoms with Crippen molar-refractivity contribution in [3.05, 3.63) is 59.0 Å². The second kappa shape index (κ2) is 7.09. The van der Waals surface area contributed by atoms with Gasteiger partial charge in [0.15, 0.2) is 0 Å². The van der Waals surface area contributed by atoms with Gasteiger partial charge in [0.1, 0.15) is 5.76 Å². The van der Waals surface area contributed by atoms with Gasteiger partial charge < -0.3 is 14.5 Å². The van der Waals surface area contributed by atoms with Gasteiger partial charge in [-0.3, -0.25) is 0 Å². The number of esters is 1. The van der Waals surface area contributed by atoms with E-state index in [4.69, 9.17) is 4.42 Å². The molecule has 4 nitrogen and oxygen atoms in total. The number of ether oxygens (including phenoxy) is 1. The Kier molecular flexibility index (Phi) is 5.17. The van der Waals surface area contributed by atoms with E-state index in [0.29, 0.717) is 18.2 Å². The Labute approximate surface area is 125 Å². The summed E-state index contributed by atoms with van der Waals surface area (Å²) in [6.07, 6.45) is 0. The first kappa shape index (κ1) is 15.3. The molecule has 1 aromatic carbocycles. The Morgan fingerprint density at radius 3 is 2.48 bits per heavy atom. The first-order valence-electron chi connectivity index (χ1n) is 7.06. The Morgan fingerprint density at radius 1 is 1.14 bits per heavy atom. The fourth-order valence-corrected chi connectivity index (χ4v) is 2.03. The van der Waals surface area contributed by atoms with Gasteiger partial charge in [-0.2, -0.15) is 0 Å². The maximum Gasteiger partial charge on any atom is 0.373 e. The van der Waals surface area contributed by atoms with Crippen LogP contribution in [0.5, 0.6) is 0 Å². The maximum absolute atomic E-state index is 11.3. The molecule has 0 aliphatic carbocycles. The molecule has 0 atom stereocenters. The monoisotopic (exact) mass is 287 g/mol. The zero-order chi connectivity index (χ0) is 15.2. The van der Waals surface area contributed by atoms with E-state index in [2.05, 4.69) is 48.2 Å². The van der Waals surface area contributed by atoms with Gasteiger partial charge in [-0.1, -0.05) is 38.1 Å². The van der Waals surface area contributed by atoms with Gasteiger partial charge in [-0.15, -0.1) is 0 Å². The third kappa shape index (κ3) is 4.20. The molecule has 0 saturated heterocycles. The van der Waals surface area contributed by atoms with Gasteiger partial charge in [-0.05, 0) is 29.2 Å². The van der Waals surface area contributed by atoms with Crippen molar-refractivity contribution < 1.29 is 13.9 Å². The Morgan fingerprint density at radius 2 is 1.86 bits per heavy atom. The second-order valence-corrected chi connectivity index (χ2v) is 5.26. The smallest absolute Gasteiger partial charge is 0.373 e. The number of methoxy groups -OCH3 is 1. The van der Waals surface area contributed by atoms with Crippen LogP contribution in [0.15, 0.2) is 40.8 Å². The minimum atomic E-state index is -0.453. The van der Waals surface area contributed by atoms with E-state index in [-0.39, 0.29) is 5.76 Å². The number of carbonyl (C=O) groups excluding carboxylic acids is 1. The minimum absolute atomic E-state index is 0.232. The van der Waals surface area contributed by atoms with E-state index < -0.39 is 5.97 Å². The van der Waals surface area contributed by atoms with Crippen LogP contribution in [-0.4, -0.2) is 13.1 Å². The van der Waals surface area contributed by atoms with Gasteiger partial charge in [0, 0.05) is 6.54 Å². The number of rotatable bonds is 6. The predicted octanol–water partition coefficient (Wildman–Crippen LogP) is 3.48. The lowest BCUT2D eigenvalue weighted by Gasteiger charge is -2.07. The molecule has 0 saturated carbocycles. The number of hydrogen-bond acceptors (Lipinski definition) is 4. The summed E-state index contributed by atoms with van der Waals surface area (Å²) in [6, 6.07) is 12.0. The molecular formula is C17H21NO3. The molecule has 0 unspecified atom stereocenters. The van der Waals surface area contributed by atoms with Gasteiger partial charge in [0.25, 0.3) is 0 Å². The normalized spacial score (nSPS) is 10.9. The summed E-state index contributed by atoms with van der Waals surface area (Å²) >= 11 is 0. The second-order valence-electron chi connectivity index (χ2n) is 5.26. The van der Waals surface area contributed by atoms with Crippen molar-refractivity contribution in [2.45, 2.75) is 32.9 Å². The fourth-order valence-electron chi connectivity index (χ4n) is 2.03. The van der Waals surface area contributed by atoms with E-state index in [1.807, 2.05) is 0 Å². The van der Waals surface area contributed by atoms with Gasteiger partial charge in [-0.25, -0.2) is 4.79 Å². The SMILES string of the molecule is COC(=O)c1ccc(CNCc2ccc(C(C)C)cc2)o1. The highest BCUT2D eigenvalue weighted by molar-refractivity contribution is 5.86. The van der Waals surface area contributed by atoms with Crippen molar-refractivity contribution in [2.75, 3.05) is 7.11 Å². The summed E-state index contributed by atoms with van der Waals surface area (Å²) in [4.78, 5) is 11.3. The van der Waals surface area contributed by atoms with Crippen molar-refractivity contribution >= 4 is 5.97 Å². The van der Waals surface area contributed by atoms with E-state index in [0.717, 1.165) is 6.54 Å². The molecule has 0 radical (unpaired) electrons. The summed E-state index contributed by atoms with van der Waals surface area (Å²) in [6.45, 7) is 5.70. The summed E-state index contributed by atoms with van der Waals surface area (Å²) in [5.74, 6) is 1.04. The van der Waals surface area contributed by atoms with Crippen LogP contribution in [0.3, 0.4) is 0 Å². The average Bonchev–Trinajstić information content (AvgIpc) is 2.96. The zero-order valence-corrected chi connectivity index (χ0v) is 12.7. The van der Waals surface area contributed by atoms with Crippen molar-refractivity contribution in [3.63, 3.8) is 0 Å². The van der Waals surface area contributed by atoms with E-state index in [1.165, 1.54) is 18.2 Å². The van der Waals surface area contributed by atoms with Crippen LogP contribution in [0.2, 0.25) is 0 Å². The molecule has 0 amide bonds. The first-order chi connectivity index (χ1) is 10.1. The van der Waals surface area contributed by atoms with Crippen LogP contribution in [-0.2, 0) is 17.8 Å². The molecule has 1 heterocycles. The number of furan rings is 1. The molecule has 112 valence electrons. The average molecular weight is 287 g/mol. The lowest BCUT2D eigenvalue weighted by molar-refractivity contribution is 0.0563. The van der Waals surface area contributed by atoms with E-state index in [9.17, 15) is 4.79 Å². The first-order valence-corrected chi connectivity index (χ1v) is 7.06. The molecule has 21 heavy (non-hydrogen) atoms. The molecule has 2 aromatic rings. The van der Waals surface area contributed by atoms with Crippen LogP contribution in [0.4, 0.5) is 0 Å². The standard InChI is InChI=1S/C17H21NO3/c1-12(2)14-6-4-13(5-7-14)10-18-11-15-8-9-16(21-15)17(19)20-3/h4-9,12,18H,10-11H2,1-3H3. The Balaban J connectivity index is 1.83. The highest BCUT2D eigenvalue weighted by Gasteiger charge is 2.10. The minimum Gasteiger partial charge on any atom is -0.463 e. The summed E-state index contributed by atoms with van der Waals surface area (Å²) in [7, 11) is 1.34. The predicted molar refractivity (Wildman–Crippen MR) is 81.1 cm³/mol. The van der Waals surface area contributed by atoms with Crippen molar-refractivity contribution in [1.82, 2.24) is 5.32 Å². The van der Waals surface area contributed by atoms with Gasteiger partial charge in [0.05, 0.1) is 13.7 Å². The summed E-state index contributed by atoms with van der Waals surface area (Å²) in [5.41, 5.74) is 2.56. The van der Waals surface area contributed by atoms with Crippen molar-refractivity contribution in [1.29, 1.82) is 0 Å². The number of carbonyl (C=O) groups is 1. The van der Waals surface area contributed by atoms with Crippen molar-refractivity contribution in [2.24, 2.45) is 0 Å². The molecule has 0 bridgehead atoms. The summed E-state index contributed by atoms with van der Waals surface area (Å²) < 4.78 is 9.99. The molecule has 1 aromatic heterocycles. The Hall–Kier alpha value is -2.07. The van der Waals surface area contributed by atoms with Crippen LogP contribution >= 0.6 is 0 Å². The molecule has 0 aliphatic heterocycles. The third-order valence-electron chi connectivity index (χ3n) is 3.32. The van der Waals surface area contributed by atoms with Crippen molar-refractivity contribution in [3.8, 4) is 0 Å². The molecule has 4 heteroatoms. The molecular weight excluding hydrogens is 266 g/mol. The highest BCUT2D eigenvalue weighted by Crippen LogP contribution is 2.15. The van der Waals surface area contributed by atoms with E-state index >= 15 is 0 Å². The zero-order valence-electron chi connectivity index (χ0n) is 12.7. The van der Waals surface area contributed by atoms with Crippen LogP contribution in [0.25, 0.3) is 0 Å². The van der Waals surface area contributed by atoms with Crippen LogP contribution in [0.1, 0.15) is 47.2 Å². The number of benzene rings is 1. The van der Waals surface area contributed by atoms with Crippen LogP contribution < -0.4 is 5.32 Å². The lowest BCUT2D eigenvalue weighted by Crippen LogP contribution is -2.12. The number of hydrogen-bond donors (Lipinski definition) is 1. The van der Waals surface area contributed by atoms with Crippen LogP contribution in [0, 0.1) is 0 Å². The van der Waals surface area contributed by atoms with E-state index in [1.54, 1.807) is 12.1 Å². The third-order valence-corrected chi connectivity index (χ3v) is 3.32. The van der Waals surface area contributed by atoms with Gasteiger partial charge >= 0.3 is 5.97 Å². The molecule has 0 fully saturated rings. The topological polar surface area (TPSA) is 51.5 Å². The van der Waals surface area contributed by atoms with Gasteiger partial charge in [0.2, 0.25) is 5.76 Å². The summed E-state index contributed by atoms with van der Waals surface area (Å²) in [5, 5.41) is 3.29.